The van der Waals surface area contributed by atoms with Crippen LogP contribution < -0.4 is 0 Å². The molecule has 15 heavy (non-hydrogen) atoms. The number of carbonyl (C=O) groups excluding carboxylic acids is 1. The minimum Gasteiger partial charge on any atom is -0.298 e. The average Bonchev–Trinajstić information content (AvgIpc) is 2.25. The monoisotopic (exact) mass is 201 g/mol. The molecular formula is C13H15NO. The molecule has 0 N–H and O–H groups in total. The topological polar surface area (TPSA) is 29.4 Å². The Morgan fingerprint density at radius 3 is 2.53 bits per heavy atom. The summed E-state index contributed by atoms with van der Waals surface area (Å²) in [6.45, 7) is 3.70. The van der Waals surface area contributed by atoms with Crippen molar-refractivity contribution in [1.29, 1.82) is 0 Å². The van der Waals surface area contributed by atoms with Gasteiger partial charge in [0.1, 0.15) is 0 Å². The van der Waals surface area contributed by atoms with E-state index in [2.05, 4.69) is 4.99 Å². The molecule has 0 fully saturated rings. The summed E-state index contributed by atoms with van der Waals surface area (Å²) in [5.41, 5.74) is 2.00. The fourth-order valence-electron chi connectivity index (χ4n) is 1.07. The molecule has 0 heterocycles. The number of ketones is 1. The number of carbonyl (C=O) groups is 1. The summed E-state index contributed by atoms with van der Waals surface area (Å²) in [7, 11) is 0. The molecule has 0 unspecified atom stereocenters. The van der Waals surface area contributed by atoms with Gasteiger partial charge in [0.25, 0.3) is 0 Å². The lowest BCUT2D eigenvalue weighted by molar-refractivity contribution is -0.115. The van der Waals surface area contributed by atoms with E-state index in [1.54, 1.807) is 0 Å². The molecule has 78 valence electrons. The average molecular weight is 201 g/mol. The molecule has 0 aromatic heterocycles. The summed E-state index contributed by atoms with van der Waals surface area (Å²) in [6, 6.07) is 10.0. The predicted molar refractivity (Wildman–Crippen MR) is 64.1 cm³/mol. The zero-order valence-electron chi connectivity index (χ0n) is 9.10. The minimum atomic E-state index is 0.0856. The molecule has 1 aromatic rings. The fourth-order valence-corrected chi connectivity index (χ4v) is 1.07. The van der Waals surface area contributed by atoms with Crippen molar-refractivity contribution in [2.75, 3.05) is 6.54 Å². The van der Waals surface area contributed by atoms with E-state index in [1.807, 2.05) is 49.4 Å². The lowest BCUT2D eigenvalue weighted by Gasteiger charge is -1.93. The maximum atomic E-state index is 10.7. The van der Waals surface area contributed by atoms with E-state index >= 15 is 0 Å². The molecule has 0 aliphatic rings. The van der Waals surface area contributed by atoms with E-state index in [4.69, 9.17) is 0 Å². The quantitative estimate of drug-likeness (QED) is 0.689. The van der Waals surface area contributed by atoms with Gasteiger partial charge in [0.2, 0.25) is 0 Å². The maximum Gasteiger partial charge on any atom is 0.151 e. The van der Waals surface area contributed by atoms with E-state index in [-0.39, 0.29) is 12.3 Å². The highest BCUT2D eigenvalue weighted by molar-refractivity contribution is 5.97. The minimum absolute atomic E-state index is 0.0856. The number of rotatable bonds is 4. The van der Waals surface area contributed by atoms with Crippen LogP contribution in [0.3, 0.4) is 0 Å². The highest BCUT2D eigenvalue weighted by Gasteiger charge is 1.89. The van der Waals surface area contributed by atoms with Crippen LogP contribution in [0.25, 0.3) is 6.08 Å². The van der Waals surface area contributed by atoms with Crippen molar-refractivity contribution in [3.05, 3.63) is 42.0 Å². The van der Waals surface area contributed by atoms with E-state index in [9.17, 15) is 4.79 Å². The van der Waals surface area contributed by atoms with Crippen molar-refractivity contribution in [2.45, 2.75) is 13.8 Å². The van der Waals surface area contributed by atoms with Gasteiger partial charge < -0.3 is 0 Å². The zero-order chi connectivity index (χ0) is 11.1. The van der Waals surface area contributed by atoms with Crippen molar-refractivity contribution in [3.63, 3.8) is 0 Å². The molecular weight excluding hydrogens is 186 g/mol. The van der Waals surface area contributed by atoms with Gasteiger partial charge in [-0.3, -0.25) is 9.79 Å². The maximum absolute atomic E-state index is 10.7. The summed E-state index contributed by atoms with van der Waals surface area (Å²) in [5.74, 6) is 0.0856. The second-order valence-corrected chi connectivity index (χ2v) is 3.40. The Bertz CT molecular complexity index is 377. The van der Waals surface area contributed by atoms with Gasteiger partial charge >= 0.3 is 0 Å². The number of hydrogen-bond acceptors (Lipinski definition) is 2. The van der Waals surface area contributed by atoms with Gasteiger partial charge in [0.05, 0.1) is 6.54 Å². The predicted octanol–water partition coefficient (Wildman–Crippen LogP) is 2.75. The van der Waals surface area contributed by atoms with Crippen LogP contribution >= 0.6 is 0 Å². The van der Waals surface area contributed by atoms with Crippen LogP contribution in [0.5, 0.6) is 0 Å². The SMILES string of the molecule is CC(=O)CN=C(C)/C=C/c1ccccc1. The largest absolute Gasteiger partial charge is 0.298 e. The Labute approximate surface area is 90.4 Å². The third kappa shape index (κ3) is 4.91. The first-order valence-corrected chi connectivity index (χ1v) is 4.92. The van der Waals surface area contributed by atoms with Gasteiger partial charge in [0, 0.05) is 5.71 Å². The normalized spacial score (nSPS) is 12.0. The first-order valence-electron chi connectivity index (χ1n) is 4.92. The molecule has 0 bridgehead atoms. The van der Waals surface area contributed by atoms with Crippen LogP contribution in [0.15, 0.2) is 41.4 Å². The van der Waals surface area contributed by atoms with Crippen molar-refractivity contribution < 1.29 is 4.79 Å². The molecule has 0 amide bonds. The Morgan fingerprint density at radius 2 is 1.93 bits per heavy atom. The highest BCUT2D eigenvalue weighted by Crippen LogP contribution is 2.01. The summed E-state index contributed by atoms with van der Waals surface area (Å²) in [4.78, 5) is 14.8. The van der Waals surface area contributed by atoms with E-state index in [1.165, 1.54) is 6.92 Å². The number of hydrogen-bond donors (Lipinski definition) is 0. The third-order valence-electron chi connectivity index (χ3n) is 1.87. The first kappa shape index (κ1) is 11.4. The van der Waals surface area contributed by atoms with Crippen molar-refractivity contribution in [2.24, 2.45) is 4.99 Å². The number of benzene rings is 1. The van der Waals surface area contributed by atoms with Gasteiger partial charge in [-0.25, -0.2) is 0 Å². The molecule has 0 atom stereocenters. The standard InChI is InChI=1S/C13H15NO/c1-11(14-10-12(2)15)8-9-13-6-4-3-5-7-13/h3-9H,10H2,1-2H3/b9-8+,14-11?. The van der Waals surface area contributed by atoms with Crippen LogP contribution in [0.1, 0.15) is 19.4 Å². The number of aliphatic imine (C=N–C) groups is 1. The van der Waals surface area contributed by atoms with Crippen LogP contribution in [0.2, 0.25) is 0 Å². The van der Waals surface area contributed by atoms with Gasteiger partial charge in [-0.1, -0.05) is 36.4 Å². The van der Waals surface area contributed by atoms with Crippen molar-refractivity contribution in [3.8, 4) is 0 Å². The molecule has 0 spiro atoms. The van der Waals surface area contributed by atoms with Gasteiger partial charge in [0.15, 0.2) is 5.78 Å². The smallest absolute Gasteiger partial charge is 0.151 e. The van der Waals surface area contributed by atoms with Gasteiger partial charge in [-0.2, -0.15) is 0 Å². The third-order valence-corrected chi connectivity index (χ3v) is 1.87. The summed E-state index contributed by atoms with van der Waals surface area (Å²) in [6.07, 6.45) is 3.90. The van der Waals surface area contributed by atoms with Gasteiger partial charge in [-0.05, 0) is 25.5 Å². The van der Waals surface area contributed by atoms with Crippen molar-refractivity contribution >= 4 is 17.6 Å². The van der Waals surface area contributed by atoms with Crippen LogP contribution in [0, 0.1) is 0 Å². The number of Topliss-reactive ketones (excluding diaryl/α,β-unsaturated/α-hetero) is 1. The molecule has 1 rings (SSSR count). The Morgan fingerprint density at radius 1 is 1.27 bits per heavy atom. The zero-order valence-corrected chi connectivity index (χ0v) is 9.10. The number of nitrogens with zero attached hydrogens (tertiary/aromatic N) is 1. The van der Waals surface area contributed by atoms with E-state index in [0.717, 1.165) is 11.3 Å². The lowest BCUT2D eigenvalue weighted by Crippen LogP contribution is -1.97. The first-order chi connectivity index (χ1) is 7.18. The van der Waals surface area contributed by atoms with Crippen LogP contribution in [0.4, 0.5) is 0 Å². The van der Waals surface area contributed by atoms with Crippen molar-refractivity contribution in [1.82, 2.24) is 0 Å². The summed E-state index contributed by atoms with van der Waals surface area (Å²) in [5, 5.41) is 0. The highest BCUT2D eigenvalue weighted by atomic mass is 16.1. The van der Waals surface area contributed by atoms with Crippen LogP contribution in [-0.4, -0.2) is 18.0 Å². The summed E-state index contributed by atoms with van der Waals surface area (Å²) < 4.78 is 0. The second kappa shape index (κ2) is 5.91. The molecule has 2 heteroatoms. The second-order valence-electron chi connectivity index (χ2n) is 3.40. The Balaban J connectivity index is 2.58. The molecule has 0 aliphatic carbocycles. The lowest BCUT2D eigenvalue weighted by atomic mass is 10.2. The molecule has 1 aromatic carbocycles. The summed E-state index contributed by atoms with van der Waals surface area (Å²) >= 11 is 0. The van der Waals surface area contributed by atoms with E-state index in [0.29, 0.717) is 0 Å². The Hall–Kier alpha value is -1.70. The van der Waals surface area contributed by atoms with Gasteiger partial charge in [-0.15, -0.1) is 0 Å². The Kier molecular flexibility index (Phi) is 4.48. The van der Waals surface area contributed by atoms with E-state index < -0.39 is 0 Å². The molecule has 0 saturated carbocycles. The fraction of sp³-hybridized carbons (Fsp3) is 0.231. The number of allylic oxidation sites excluding steroid dienone is 1. The molecule has 2 nitrogen and oxygen atoms in total. The molecule has 0 aliphatic heterocycles. The molecule has 0 saturated heterocycles. The molecule has 0 radical (unpaired) electrons. The van der Waals surface area contributed by atoms with Crippen LogP contribution in [-0.2, 0) is 4.79 Å².